The Morgan fingerprint density at radius 2 is 2.00 bits per heavy atom. The molecule has 0 fully saturated rings. The van der Waals surface area contributed by atoms with Crippen molar-refractivity contribution < 1.29 is 4.74 Å². The largest absolute Gasteiger partial charge is 0.484 e. The van der Waals surface area contributed by atoms with E-state index in [2.05, 4.69) is 34.3 Å². The maximum Gasteiger partial charge on any atom is 0.170 e. The van der Waals surface area contributed by atoms with E-state index in [0.717, 1.165) is 28.8 Å². The molecule has 0 spiro atoms. The first-order valence-electron chi connectivity index (χ1n) is 7.15. The van der Waals surface area contributed by atoms with Crippen LogP contribution < -0.4 is 10.1 Å². The minimum atomic E-state index is 0.386. The molecule has 0 saturated heterocycles. The molecule has 0 saturated carbocycles. The number of hydrogen-bond acceptors (Lipinski definition) is 5. The third kappa shape index (κ3) is 4.01. The van der Waals surface area contributed by atoms with Gasteiger partial charge in [-0.2, -0.15) is 0 Å². The molecule has 6 heteroatoms. The monoisotopic (exact) mass is 289 g/mol. The molecule has 0 aliphatic carbocycles. The highest BCUT2D eigenvalue weighted by atomic mass is 16.5. The summed E-state index contributed by atoms with van der Waals surface area (Å²) in [5.74, 6) is 2.46. The predicted molar refractivity (Wildman–Crippen MR) is 81.0 cm³/mol. The predicted octanol–water partition coefficient (Wildman–Crippen LogP) is 1.90. The lowest BCUT2D eigenvalue weighted by Crippen LogP contribution is -2.23. The SMILES string of the molecule is Cc1ccc(OCc2nnc(C)n2C)c(CNC(C)C)n1. The summed E-state index contributed by atoms with van der Waals surface area (Å²) in [5.41, 5.74) is 1.90. The van der Waals surface area contributed by atoms with Crippen LogP contribution in [0.4, 0.5) is 0 Å². The summed E-state index contributed by atoms with van der Waals surface area (Å²) in [4.78, 5) is 4.55. The maximum absolute atomic E-state index is 5.88. The number of nitrogens with zero attached hydrogens (tertiary/aromatic N) is 4. The summed E-state index contributed by atoms with van der Waals surface area (Å²) >= 11 is 0. The Hall–Kier alpha value is -1.95. The maximum atomic E-state index is 5.88. The first-order chi connectivity index (χ1) is 9.97. The Labute approximate surface area is 125 Å². The molecule has 2 aromatic heterocycles. The van der Waals surface area contributed by atoms with Crippen molar-refractivity contribution in [3.8, 4) is 5.75 Å². The Bertz CT molecular complexity index is 606. The van der Waals surface area contributed by atoms with Gasteiger partial charge in [-0.3, -0.25) is 4.98 Å². The number of hydrogen-bond donors (Lipinski definition) is 1. The van der Waals surface area contributed by atoms with Crippen LogP contribution in [0.5, 0.6) is 5.75 Å². The highest BCUT2D eigenvalue weighted by Crippen LogP contribution is 2.18. The lowest BCUT2D eigenvalue weighted by molar-refractivity contribution is 0.285. The van der Waals surface area contributed by atoms with E-state index in [4.69, 9.17) is 4.74 Å². The van der Waals surface area contributed by atoms with Crippen LogP contribution in [0.15, 0.2) is 12.1 Å². The number of rotatable bonds is 6. The molecule has 0 aromatic carbocycles. The van der Waals surface area contributed by atoms with E-state index < -0.39 is 0 Å². The normalized spacial score (nSPS) is 11.1. The third-order valence-corrected chi connectivity index (χ3v) is 3.29. The molecule has 2 rings (SSSR count). The number of pyridine rings is 1. The van der Waals surface area contributed by atoms with Crippen molar-refractivity contribution in [1.29, 1.82) is 0 Å². The lowest BCUT2D eigenvalue weighted by Gasteiger charge is -2.13. The van der Waals surface area contributed by atoms with E-state index in [1.54, 1.807) is 0 Å². The van der Waals surface area contributed by atoms with E-state index in [0.29, 0.717) is 19.2 Å². The fourth-order valence-corrected chi connectivity index (χ4v) is 1.88. The van der Waals surface area contributed by atoms with Crippen LogP contribution in [-0.4, -0.2) is 25.8 Å². The molecule has 1 N–H and O–H groups in total. The van der Waals surface area contributed by atoms with Gasteiger partial charge in [-0.1, -0.05) is 13.8 Å². The molecule has 114 valence electrons. The van der Waals surface area contributed by atoms with Gasteiger partial charge in [0.1, 0.15) is 18.2 Å². The van der Waals surface area contributed by atoms with Crippen LogP contribution in [0.1, 0.15) is 36.9 Å². The van der Waals surface area contributed by atoms with Crippen molar-refractivity contribution in [1.82, 2.24) is 25.1 Å². The quantitative estimate of drug-likeness (QED) is 0.880. The van der Waals surface area contributed by atoms with Crippen molar-refractivity contribution in [2.75, 3.05) is 0 Å². The van der Waals surface area contributed by atoms with Gasteiger partial charge in [-0.15, -0.1) is 10.2 Å². The van der Waals surface area contributed by atoms with Gasteiger partial charge < -0.3 is 14.6 Å². The molecular weight excluding hydrogens is 266 g/mol. The molecular formula is C15H23N5O. The summed E-state index contributed by atoms with van der Waals surface area (Å²) in [6.45, 7) is 9.19. The van der Waals surface area contributed by atoms with Crippen molar-refractivity contribution >= 4 is 0 Å². The second-order valence-corrected chi connectivity index (χ2v) is 5.44. The molecule has 0 amide bonds. The average Bonchev–Trinajstić information content (AvgIpc) is 2.75. The highest BCUT2D eigenvalue weighted by molar-refractivity contribution is 5.29. The Morgan fingerprint density at radius 1 is 1.24 bits per heavy atom. The second kappa shape index (κ2) is 6.67. The topological polar surface area (TPSA) is 64.9 Å². The molecule has 6 nitrogen and oxygen atoms in total. The molecule has 0 aliphatic heterocycles. The molecule has 21 heavy (non-hydrogen) atoms. The highest BCUT2D eigenvalue weighted by Gasteiger charge is 2.10. The third-order valence-electron chi connectivity index (χ3n) is 3.29. The van der Waals surface area contributed by atoms with E-state index in [1.807, 2.05) is 37.6 Å². The van der Waals surface area contributed by atoms with Crippen LogP contribution in [0.2, 0.25) is 0 Å². The van der Waals surface area contributed by atoms with Gasteiger partial charge >= 0.3 is 0 Å². The van der Waals surface area contributed by atoms with Gasteiger partial charge in [0, 0.05) is 25.3 Å². The van der Waals surface area contributed by atoms with E-state index in [9.17, 15) is 0 Å². The van der Waals surface area contributed by atoms with Crippen molar-refractivity contribution in [3.05, 3.63) is 35.2 Å². The summed E-state index contributed by atoms with van der Waals surface area (Å²) in [5, 5.41) is 11.5. The van der Waals surface area contributed by atoms with Crippen LogP contribution in [0.25, 0.3) is 0 Å². The molecule has 0 aliphatic rings. The van der Waals surface area contributed by atoms with Gasteiger partial charge in [0.2, 0.25) is 0 Å². The molecule has 2 heterocycles. The van der Waals surface area contributed by atoms with Crippen molar-refractivity contribution in [2.24, 2.45) is 7.05 Å². The van der Waals surface area contributed by atoms with Crippen molar-refractivity contribution in [2.45, 2.75) is 46.9 Å². The molecule has 0 radical (unpaired) electrons. The summed E-state index contributed by atoms with van der Waals surface area (Å²) in [6.07, 6.45) is 0. The molecule has 0 atom stereocenters. The van der Waals surface area contributed by atoms with Crippen LogP contribution in [0, 0.1) is 13.8 Å². The lowest BCUT2D eigenvalue weighted by atomic mass is 10.2. The van der Waals surface area contributed by atoms with Gasteiger partial charge in [-0.05, 0) is 26.0 Å². The minimum absolute atomic E-state index is 0.386. The summed E-state index contributed by atoms with van der Waals surface area (Å²) < 4.78 is 7.80. The molecule has 0 unspecified atom stereocenters. The number of ether oxygens (including phenoxy) is 1. The van der Waals surface area contributed by atoms with E-state index in [-0.39, 0.29) is 0 Å². The molecule has 0 bridgehead atoms. The molecule has 2 aromatic rings. The van der Waals surface area contributed by atoms with Crippen LogP contribution in [0.3, 0.4) is 0 Å². The zero-order valence-electron chi connectivity index (χ0n) is 13.3. The minimum Gasteiger partial charge on any atom is -0.484 e. The van der Waals surface area contributed by atoms with Gasteiger partial charge in [0.15, 0.2) is 5.82 Å². The van der Waals surface area contributed by atoms with E-state index >= 15 is 0 Å². The zero-order valence-corrected chi connectivity index (χ0v) is 13.3. The van der Waals surface area contributed by atoms with Gasteiger partial charge in [0.05, 0.1) is 5.69 Å². The summed E-state index contributed by atoms with van der Waals surface area (Å²) in [6, 6.07) is 4.32. The zero-order chi connectivity index (χ0) is 15.4. The van der Waals surface area contributed by atoms with E-state index in [1.165, 1.54) is 0 Å². The number of aryl methyl sites for hydroxylation is 2. The first-order valence-corrected chi connectivity index (χ1v) is 7.15. The van der Waals surface area contributed by atoms with Crippen LogP contribution in [-0.2, 0) is 20.2 Å². The van der Waals surface area contributed by atoms with Gasteiger partial charge in [0.25, 0.3) is 0 Å². The number of nitrogens with one attached hydrogen (secondary N) is 1. The Balaban J connectivity index is 2.10. The Morgan fingerprint density at radius 3 is 2.62 bits per heavy atom. The number of aromatic nitrogens is 4. The van der Waals surface area contributed by atoms with Crippen LogP contribution >= 0.6 is 0 Å². The average molecular weight is 289 g/mol. The smallest absolute Gasteiger partial charge is 0.170 e. The fourth-order valence-electron chi connectivity index (χ4n) is 1.88. The van der Waals surface area contributed by atoms with Gasteiger partial charge in [-0.25, -0.2) is 0 Å². The first kappa shape index (κ1) is 15.4. The van der Waals surface area contributed by atoms with Crippen molar-refractivity contribution in [3.63, 3.8) is 0 Å². The standard InChI is InChI=1S/C15H23N5O/c1-10(2)16-8-13-14(7-6-11(3)17-13)21-9-15-19-18-12(4)20(15)5/h6-7,10,16H,8-9H2,1-5H3. The summed E-state index contributed by atoms with van der Waals surface area (Å²) in [7, 11) is 1.93. The Kier molecular flexibility index (Phi) is 4.90. The fraction of sp³-hybridized carbons (Fsp3) is 0.533. The second-order valence-electron chi connectivity index (χ2n) is 5.44.